The van der Waals surface area contributed by atoms with Gasteiger partial charge in [0.25, 0.3) is 0 Å². The lowest BCUT2D eigenvalue weighted by atomic mass is 9.50. The summed E-state index contributed by atoms with van der Waals surface area (Å²) in [5.41, 5.74) is 6.08. The molecule has 0 radical (unpaired) electrons. The van der Waals surface area contributed by atoms with Crippen LogP contribution < -0.4 is 0 Å². The van der Waals surface area contributed by atoms with Gasteiger partial charge in [-0.05, 0) is 36.1 Å². The third-order valence-electron chi connectivity index (χ3n) is 6.30. The molecule has 3 aliphatic rings. The summed E-state index contributed by atoms with van der Waals surface area (Å²) in [6, 6.07) is 26.8. The molecule has 0 spiro atoms. The average molecular weight is 336 g/mol. The first-order valence-electron chi connectivity index (χ1n) is 9.10. The van der Waals surface area contributed by atoms with Crippen LogP contribution in [0.4, 0.5) is 0 Å². The number of rotatable bonds is 2. The van der Waals surface area contributed by atoms with Crippen molar-refractivity contribution in [3.8, 4) is 0 Å². The van der Waals surface area contributed by atoms with E-state index in [1.807, 2.05) is 30.3 Å². The molecule has 6 rings (SSSR count). The molecule has 3 aromatic rings. The lowest BCUT2D eigenvalue weighted by molar-refractivity contribution is 0.101. The molecule has 0 heterocycles. The zero-order valence-electron chi connectivity index (χ0n) is 15.0. The van der Waals surface area contributed by atoms with E-state index in [2.05, 4.69) is 68.5 Å². The summed E-state index contributed by atoms with van der Waals surface area (Å²) in [6.07, 6.45) is 2.22. The number of hydrogen-bond donors (Lipinski definition) is 0. The van der Waals surface area contributed by atoms with Gasteiger partial charge in [0.15, 0.2) is 5.78 Å². The summed E-state index contributed by atoms with van der Waals surface area (Å²) in [7, 11) is 0. The minimum absolute atomic E-state index is 0.128. The van der Waals surface area contributed by atoms with Crippen LogP contribution in [0, 0.1) is 0 Å². The van der Waals surface area contributed by atoms with Gasteiger partial charge in [-0.3, -0.25) is 4.79 Å². The SMILES string of the molecule is CC12C=C(C(=O)c3ccccc3)C(C)(c3ccccc31)c1ccccc12. The Kier molecular flexibility index (Phi) is 2.98. The van der Waals surface area contributed by atoms with E-state index in [9.17, 15) is 4.79 Å². The lowest BCUT2D eigenvalue weighted by Gasteiger charge is -2.51. The molecule has 0 saturated heterocycles. The predicted octanol–water partition coefficient (Wildman–Crippen LogP) is 5.43. The second kappa shape index (κ2) is 5.04. The van der Waals surface area contributed by atoms with Crippen molar-refractivity contribution in [2.75, 3.05) is 0 Å². The maximum atomic E-state index is 13.5. The van der Waals surface area contributed by atoms with Crippen molar-refractivity contribution in [3.05, 3.63) is 118 Å². The summed E-state index contributed by atoms with van der Waals surface area (Å²) in [4.78, 5) is 13.5. The lowest BCUT2D eigenvalue weighted by Crippen LogP contribution is -2.47. The topological polar surface area (TPSA) is 17.1 Å². The predicted molar refractivity (Wildman–Crippen MR) is 105 cm³/mol. The fraction of sp³-hybridized carbons (Fsp3) is 0.160. The third-order valence-corrected chi connectivity index (χ3v) is 6.30. The van der Waals surface area contributed by atoms with E-state index in [1.165, 1.54) is 22.3 Å². The van der Waals surface area contributed by atoms with Crippen LogP contribution in [0.5, 0.6) is 0 Å². The number of hydrogen-bond acceptors (Lipinski definition) is 1. The largest absolute Gasteiger partial charge is 0.289 e. The Morgan fingerprint density at radius 3 is 1.65 bits per heavy atom. The molecule has 26 heavy (non-hydrogen) atoms. The summed E-state index contributed by atoms with van der Waals surface area (Å²) >= 11 is 0. The monoisotopic (exact) mass is 336 g/mol. The van der Waals surface area contributed by atoms with Crippen molar-refractivity contribution in [3.63, 3.8) is 0 Å². The van der Waals surface area contributed by atoms with Crippen molar-refractivity contribution >= 4 is 5.78 Å². The molecule has 0 amide bonds. The van der Waals surface area contributed by atoms with E-state index in [4.69, 9.17) is 0 Å². The zero-order valence-corrected chi connectivity index (χ0v) is 15.0. The van der Waals surface area contributed by atoms with Gasteiger partial charge < -0.3 is 0 Å². The van der Waals surface area contributed by atoms with Gasteiger partial charge in [-0.25, -0.2) is 0 Å². The Labute approximate surface area is 154 Å². The summed E-state index contributed by atoms with van der Waals surface area (Å²) in [5, 5.41) is 0. The zero-order chi connectivity index (χ0) is 17.9. The van der Waals surface area contributed by atoms with Gasteiger partial charge in [-0.2, -0.15) is 0 Å². The molecule has 3 aliphatic carbocycles. The van der Waals surface area contributed by atoms with Crippen LogP contribution >= 0.6 is 0 Å². The van der Waals surface area contributed by atoms with Gasteiger partial charge >= 0.3 is 0 Å². The molecule has 0 fully saturated rings. The summed E-state index contributed by atoms with van der Waals surface area (Å²) in [5.74, 6) is 0.128. The Bertz CT molecular complexity index is 1020. The molecule has 2 bridgehead atoms. The first kappa shape index (κ1) is 15.3. The molecule has 1 nitrogen and oxygen atoms in total. The first-order chi connectivity index (χ1) is 12.6. The van der Waals surface area contributed by atoms with Gasteiger partial charge in [0.05, 0.1) is 0 Å². The number of allylic oxidation sites excluding steroid dienone is 2. The highest BCUT2D eigenvalue weighted by molar-refractivity contribution is 6.12. The van der Waals surface area contributed by atoms with E-state index in [1.54, 1.807) is 0 Å². The van der Waals surface area contributed by atoms with Gasteiger partial charge in [0, 0.05) is 22.0 Å². The molecule has 0 N–H and O–H groups in total. The van der Waals surface area contributed by atoms with Crippen LogP contribution in [0.15, 0.2) is 90.5 Å². The number of benzene rings is 3. The van der Waals surface area contributed by atoms with Crippen LogP contribution in [0.1, 0.15) is 46.5 Å². The maximum Gasteiger partial charge on any atom is 0.189 e. The highest BCUT2D eigenvalue weighted by atomic mass is 16.1. The van der Waals surface area contributed by atoms with E-state index in [0.717, 1.165) is 11.1 Å². The van der Waals surface area contributed by atoms with Crippen molar-refractivity contribution in [2.45, 2.75) is 24.7 Å². The fourth-order valence-corrected chi connectivity index (χ4v) is 4.95. The quantitative estimate of drug-likeness (QED) is 0.570. The Morgan fingerprint density at radius 2 is 1.12 bits per heavy atom. The normalized spacial score (nSPS) is 25.2. The Balaban J connectivity index is 1.83. The molecule has 3 aromatic carbocycles. The van der Waals surface area contributed by atoms with Crippen LogP contribution in [0.2, 0.25) is 0 Å². The fourth-order valence-electron chi connectivity index (χ4n) is 4.95. The first-order valence-corrected chi connectivity index (χ1v) is 9.10. The van der Waals surface area contributed by atoms with Gasteiger partial charge in [0.1, 0.15) is 0 Å². The maximum absolute atomic E-state index is 13.5. The second-order valence-corrected chi connectivity index (χ2v) is 7.67. The molecule has 0 unspecified atom stereocenters. The average Bonchev–Trinajstić information content (AvgIpc) is 2.70. The highest BCUT2D eigenvalue weighted by Gasteiger charge is 2.53. The van der Waals surface area contributed by atoms with Gasteiger partial charge in [0.2, 0.25) is 0 Å². The van der Waals surface area contributed by atoms with Crippen molar-refractivity contribution in [2.24, 2.45) is 0 Å². The number of carbonyl (C=O) groups excluding carboxylic acids is 1. The molecule has 0 aliphatic heterocycles. The van der Waals surface area contributed by atoms with E-state index < -0.39 is 5.41 Å². The second-order valence-electron chi connectivity index (χ2n) is 7.67. The van der Waals surface area contributed by atoms with Crippen LogP contribution in [0.25, 0.3) is 0 Å². The van der Waals surface area contributed by atoms with Crippen molar-refractivity contribution in [1.82, 2.24) is 0 Å². The minimum Gasteiger partial charge on any atom is -0.289 e. The van der Waals surface area contributed by atoms with E-state index >= 15 is 0 Å². The molecule has 0 aromatic heterocycles. The number of Topliss-reactive ketones (excluding diaryl/α,β-unsaturated/α-hetero) is 1. The smallest absolute Gasteiger partial charge is 0.189 e. The molecule has 0 saturated carbocycles. The Hall–Kier alpha value is -2.93. The Morgan fingerprint density at radius 1 is 0.654 bits per heavy atom. The van der Waals surface area contributed by atoms with Crippen molar-refractivity contribution < 1.29 is 4.79 Å². The van der Waals surface area contributed by atoms with Crippen LogP contribution in [-0.4, -0.2) is 5.78 Å². The molecular weight excluding hydrogens is 316 g/mol. The minimum atomic E-state index is -0.419. The van der Waals surface area contributed by atoms with Crippen LogP contribution in [0.3, 0.4) is 0 Å². The van der Waals surface area contributed by atoms with Gasteiger partial charge in [-0.15, -0.1) is 0 Å². The van der Waals surface area contributed by atoms with Gasteiger partial charge in [-0.1, -0.05) is 84.9 Å². The number of carbonyl (C=O) groups is 1. The molecule has 1 heteroatoms. The number of ketones is 1. The molecule has 126 valence electrons. The van der Waals surface area contributed by atoms with E-state index in [0.29, 0.717) is 0 Å². The van der Waals surface area contributed by atoms with Crippen molar-refractivity contribution in [1.29, 1.82) is 0 Å². The summed E-state index contributed by atoms with van der Waals surface area (Å²) in [6.45, 7) is 4.44. The third kappa shape index (κ3) is 1.73. The highest BCUT2D eigenvalue weighted by Crippen LogP contribution is 2.58. The van der Waals surface area contributed by atoms with Crippen LogP contribution in [-0.2, 0) is 10.8 Å². The summed E-state index contributed by atoms with van der Waals surface area (Å²) < 4.78 is 0. The van der Waals surface area contributed by atoms with E-state index in [-0.39, 0.29) is 11.2 Å². The standard InChI is InChI=1S/C25H20O/c1-24-16-22(23(26)17-10-4-3-5-11-17)25(2,20-14-8-6-12-18(20)24)21-15-9-7-13-19(21)24/h3-16H,1-2H3. The molecular formula is C25H20O. The molecule has 0 atom stereocenters.